The number of ether oxygens (including phenoxy) is 2. The van der Waals surface area contributed by atoms with Crippen molar-refractivity contribution in [3.05, 3.63) is 83.6 Å². The lowest BCUT2D eigenvalue weighted by Crippen LogP contribution is -2.45. The molecular weight excluding hydrogens is 402 g/mol. The number of hydrogen-bond acceptors (Lipinski definition) is 5. The van der Waals surface area contributed by atoms with Gasteiger partial charge in [0, 0.05) is 30.4 Å². The molecule has 1 aliphatic heterocycles. The first-order valence-corrected chi connectivity index (χ1v) is 11.0. The number of amides is 1. The maximum atomic E-state index is 12.8. The Kier molecular flexibility index (Phi) is 6.90. The summed E-state index contributed by atoms with van der Waals surface area (Å²) >= 11 is 0. The summed E-state index contributed by atoms with van der Waals surface area (Å²) in [6, 6.07) is 21.5. The van der Waals surface area contributed by atoms with E-state index in [1.165, 1.54) is 0 Å². The van der Waals surface area contributed by atoms with Crippen molar-refractivity contribution in [3.8, 4) is 11.5 Å². The number of nitrogens with one attached hydrogen (secondary N) is 1. The zero-order chi connectivity index (χ0) is 22.3. The van der Waals surface area contributed by atoms with E-state index in [9.17, 15) is 4.79 Å². The smallest absolute Gasteiger partial charge is 0.251 e. The number of benzene rings is 2. The number of aromatic nitrogens is 1. The second-order valence-electron chi connectivity index (χ2n) is 8.01. The van der Waals surface area contributed by atoms with E-state index in [1.807, 2.05) is 55.5 Å². The SMILES string of the molecule is COc1cc(C(=O)NC2CCN(c3cccc(C)n3)CC2)ccc1OCc1ccccc1. The summed E-state index contributed by atoms with van der Waals surface area (Å²) in [4.78, 5) is 19.7. The third kappa shape index (κ3) is 5.38. The van der Waals surface area contributed by atoms with E-state index in [4.69, 9.17) is 9.47 Å². The first-order valence-electron chi connectivity index (χ1n) is 11.0. The van der Waals surface area contributed by atoms with Crippen molar-refractivity contribution in [3.63, 3.8) is 0 Å². The van der Waals surface area contributed by atoms with Crippen molar-refractivity contribution < 1.29 is 14.3 Å². The molecule has 1 N–H and O–H groups in total. The van der Waals surface area contributed by atoms with Gasteiger partial charge in [0.25, 0.3) is 5.91 Å². The van der Waals surface area contributed by atoms with Crippen LogP contribution in [0.1, 0.15) is 34.5 Å². The van der Waals surface area contributed by atoms with Gasteiger partial charge in [-0.3, -0.25) is 4.79 Å². The van der Waals surface area contributed by atoms with Crippen molar-refractivity contribution >= 4 is 11.7 Å². The van der Waals surface area contributed by atoms with Crippen LogP contribution < -0.4 is 19.7 Å². The topological polar surface area (TPSA) is 63.7 Å². The maximum absolute atomic E-state index is 12.8. The quantitative estimate of drug-likeness (QED) is 0.602. The largest absolute Gasteiger partial charge is 0.493 e. The molecule has 2 aromatic carbocycles. The number of carbonyl (C=O) groups is 1. The van der Waals surface area contributed by atoms with Gasteiger partial charge in [0.1, 0.15) is 12.4 Å². The lowest BCUT2D eigenvalue weighted by molar-refractivity contribution is 0.0930. The van der Waals surface area contributed by atoms with Gasteiger partial charge in [-0.2, -0.15) is 0 Å². The summed E-state index contributed by atoms with van der Waals surface area (Å²) in [6.07, 6.45) is 1.77. The summed E-state index contributed by atoms with van der Waals surface area (Å²) in [5.74, 6) is 2.08. The van der Waals surface area contributed by atoms with Gasteiger partial charge in [-0.1, -0.05) is 36.4 Å². The Bertz CT molecular complexity index is 1050. The van der Waals surface area contributed by atoms with Crippen LogP contribution in [0.3, 0.4) is 0 Å². The normalized spacial score (nSPS) is 14.1. The minimum Gasteiger partial charge on any atom is -0.493 e. The molecule has 32 heavy (non-hydrogen) atoms. The molecule has 1 fully saturated rings. The molecule has 1 saturated heterocycles. The zero-order valence-electron chi connectivity index (χ0n) is 18.6. The Morgan fingerprint density at radius 1 is 1.03 bits per heavy atom. The van der Waals surface area contributed by atoms with Crippen LogP contribution in [0.4, 0.5) is 5.82 Å². The fourth-order valence-corrected chi connectivity index (χ4v) is 3.89. The lowest BCUT2D eigenvalue weighted by atomic mass is 10.0. The highest BCUT2D eigenvalue weighted by Crippen LogP contribution is 2.29. The van der Waals surface area contributed by atoms with Crippen LogP contribution in [-0.2, 0) is 6.61 Å². The average molecular weight is 432 g/mol. The standard InChI is InChI=1S/C26H29N3O3/c1-19-7-6-10-25(27-19)29-15-13-22(14-16-29)28-26(30)21-11-12-23(24(17-21)31-2)32-18-20-8-4-3-5-9-20/h3-12,17,22H,13-16,18H2,1-2H3,(H,28,30). The minimum absolute atomic E-state index is 0.0926. The van der Waals surface area contributed by atoms with Crippen LogP contribution in [-0.4, -0.2) is 37.1 Å². The van der Waals surface area contributed by atoms with Crippen molar-refractivity contribution in [2.45, 2.75) is 32.4 Å². The fourth-order valence-electron chi connectivity index (χ4n) is 3.89. The van der Waals surface area contributed by atoms with E-state index in [1.54, 1.807) is 25.3 Å². The molecule has 4 rings (SSSR count). The molecule has 0 bridgehead atoms. The van der Waals surface area contributed by atoms with E-state index in [-0.39, 0.29) is 11.9 Å². The Labute approximate surface area is 189 Å². The number of hydrogen-bond donors (Lipinski definition) is 1. The molecule has 0 atom stereocenters. The molecule has 1 aromatic heterocycles. The second-order valence-corrected chi connectivity index (χ2v) is 8.01. The molecule has 1 amide bonds. The number of methoxy groups -OCH3 is 1. The monoisotopic (exact) mass is 431 g/mol. The van der Waals surface area contributed by atoms with Gasteiger partial charge in [-0.15, -0.1) is 0 Å². The van der Waals surface area contributed by atoms with Gasteiger partial charge < -0.3 is 19.7 Å². The number of pyridine rings is 1. The fraction of sp³-hybridized carbons (Fsp3) is 0.308. The first-order chi connectivity index (χ1) is 15.6. The summed E-state index contributed by atoms with van der Waals surface area (Å²) in [5.41, 5.74) is 2.66. The molecule has 1 aliphatic rings. The number of rotatable bonds is 7. The van der Waals surface area contributed by atoms with Crippen LogP contribution >= 0.6 is 0 Å². The highest BCUT2D eigenvalue weighted by molar-refractivity contribution is 5.95. The molecule has 3 aromatic rings. The summed E-state index contributed by atoms with van der Waals surface area (Å²) in [6.45, 7) is 4.19. The number of aryl methyl sites for hydroxylation is 1. The van der Waals surface area contributed by atoms with Crippen LogP contribution in [0.5, 0.6) is 11.5 Å². The number of anilines is 1. The Hall–Kier alpha value is -3.54. The summed E-state index contributed by atoms with van der Waals surface area (Å²) in [5, 5.41) is 3.16. The highest BCUT2D eigenvalue weighted by atomic mass is 16.5. The molecule has 0 spiro atoms. The van der Waals surface area contributed by atoms with Gasteiger partial charge >= 0.3 is 0 Å². The summed E-state index contributed by atoms with van der Waals surface area (Å²) < 4.78 is 11.4. The molecule has 166 valence electrons. The molecule has 0 aliphatic carbocycles. The predicted molar refractivity (Wildman–Crippen MR) is 125 cm³/mol. The number of carbonyl (C=O) groups excluding carboxylic acids is 1. The number of nitrogens with zero attached hydrogens (tertiary/aromatic N) is 2. The second kappa shape index (κ2) is 10.2. The van der Waals surface area contributed by atoms with Crippen molar-refractivity contribution in [2.24, 2.45) is 0 Å². The van der Waals surface area contributed by atoms with E-state index < -0.39 is 0 Å². The van der Waals surface area contributed by atoms with E-state index >= 15 is 0 Å². The van der Waals surface area contributed by atoms with Crippen LogP contribution in [0.15, 0.2) is 66.7 Å². The molecular formula is C26H29N3O3. The van der Waals surface area contributed by atoms with Crippen molar-refractivity contribution in [1.29, 1.82) is 0 Å². The van der Waals surface area contributed by atoms with Gasteiger partial charge in [0.2, 0.25) is 0 Å². The molecule has 6 heteroatoms. The Morgan fingerprint density at radius 3 is 2.53 bits per heavy atom. The van der Waals surface area contributed by atoms with E-state index in [2.05, 4.69) is 15.2 Å². The third-order valence-electron chi connectivity index (χ3n) is 5.69. The Morgan fingerprint density at radius 2 is 1.81 bits per heavy atom. The lowest BCUT2D eigenvalue weighted by Gasteiger charge is -2.33. The van der Waals surface area contributed by atoms with Crippen LogP contribution in [0.25, 0.3) is 0 Å². The minimum atomic E-state index is -0.0926. The van der Waals surface area contributed by atoms with Gasteiger partial charge in [0.05, 0.1) is 7.11 Å². The third-order valence-corrected chi connectivity index (χ3v) is 5.69. The van der Waals surface area contributed by atoms with E-state index in [0.29, 0.717) is 23.7 Å². The molecule has 0 saturated carbocycles. The molecule has 0 radical (unpaired) electrons. The first kappa shape index (κ1) is 21.7. The van der Waals surface area contributed by atoms with Gasteiger partial charge in [-0.05, 0) is 55.7 Å². The summed E-state index contributed by atoms with van der Waals surface area (Å²) in [7, 11) is 1.58. The van der Waals surface area contributed by atoms with Gasteiger partial charge in [0.15, 0.2) is 11.5 Å². The zero-order valence-corrected chi connectivity index (χ0v) is 18.6. The molecule has 6 nitrogen and oxygen atoms in total. The van der Waals surface area contributed by atoms with Crippen molar-refractivity contribution in [1.82, 2.24) is 10.3 Å². The van der Waals surface area contributed by atoms with E-state index in [0.717, 1.165) is 43.0 Å². The van der Waals surface area contributed by atoms with Crippen molar-refractivity contribution in [2.75, 3.05) is 25.1 Å². The highest BCUT2D eigenvalue weighted by Gasteiger charge is 2.22. The number of piperidine rings is 1. The van der Waals surface area contributed by atoms with Crippen LogP contribution in [0, 0.1) is 6.92 Å². The van der Waals surface area contributed by atoms with Gasteiger partial charge in [-0.25, -0.2) is 4.98 Å². The molecule has 0 unspecified atom stereocenters. The molecule has 2 heterocycles. The predicted octanol–water partition coefficient (Wildman–Crippen LogP) is 4.38. The maximum Gasteiger partial charge on any atom is 0.251 e. The Balaban J connectivity index is 1.33. The van der Waals surface area contributed by atoms with Crippen LogP contribution in [0.2, 0.25) is 0 Å². The average Bonchev–Trinajstić information content (AvgIpc) is 2.83.